The lowest BCUT2D eigenvalue weighted by atomic mass is 9.99. The van der Waals surface area contributed by atoms with E-state index >= 15 is 0 Å². The highest BCUT2D eigenvalue weighted by molar-refractivity contribution is 9.10. The third-order valence-electron chi connectivity index (χ3n) is 3.50. The van der Waals surface area contributed by atoms with Gasteiger partial charge in [0.15, 0.2) is 0 Å². The van der Waals surface area contributed by atoms with Crippen LogP contribution < -0.4 is 5.32 Å². The Morgan fingerprint density at radius 1 is 1.50 bits per heavy atom. The molecule has 1 aromatic carbocycles. The lowest BCUT2D eigenvalue weighted by Gasteiger charge is -2.20. The molecule has 0 aliphatic carbocycles. The third-order valence-corrected chi connectivity index (χ3v) is 4.00. The van der Waals surface area contributed by atoms with E-state index < -0.39 is 0 Å². The number of rotatable bonds is 6. The van der Waals surface area contributed by atoms with Gasteiger partial charge in [-0.2, -0.15) is 0 Å². The van der Waals surface area contributed by atoms with E-state index in [0.717, 1.165) is 30.5 Å². The van der Waals surface area contributed by atoms with Crippen molar-refractivity contribution < 1.29 is 4.74 Å². The van der Waals surface area contributed by atoms with Gasteiger partial charge in [0.1, 0.15) is 0 Å². The lowest BCUT2D eigenvalue weighted by Crippen LogP contribution is -2.22. The van der Waals surface area contributed by atoms with Crippen molar-refractivity contribution in [3.63, 3.8) is 0 Å². The molecule has 0 saturated carbocycles. The molecule has 0 amide bonds. The molecule has 1 heterocycles. The van der Waals surface area contributed by atoms with Crippen molar-refractivity contribution in [2.45, 2.75) is 44.8 Å². The van der Waals surface area contributed by atoms with Crippen LogP contribution in [0, 0.1) is 0 Å². The number of nitrogens with one attached hydrogen (secondary N) is 1. The van der Waals surface area contributed by atoms with Crippen molar-refractivity contribution in [1.82, 2.24) is 5.32 Å². The summed E-state index contributed by atoms with van der Waals surface area (Å²) in [5.41, 5.74) is 1.37. The van der Waals surface area contributed by atoms with Gasteiger partial charge in [0, 0.05) is 17.1 Å². The summed E-state index contributed by atoms with van der Waals surface area (Å²) in [6.45, 7) is 4.12. The molecule has 1 aliphatic heterocycles. The van der Waals surface area contributed by atoms with Crippen LogP contribution in [-0.4, -0.2) is 19.3 Å². The number of hydrogen-bond acceptors (Lipinski definition) is 2. The summed E-state index contributed by atoms with van der Waals surface area (Å²) in [7, 11) is 0. The molecular formula is C15H22BrNO. The van der Waals surface area contributed by atoms with Gasteiger partial charge in [0.25, 0.3) is 0 Å². The molecule has 0 aromatic heterocycles. The van der Waals surface area contributed by atoms with Gasteiger partial charge in [0.2, 0.25) is 0 Å². The summed E-state index contributed by atoms with van der Waals surface area (Å²) in [5.74, 6) is 0. The number of benzene rings is 1. The largest absolute Gasteiger partial charge is 0.378 e. The molecule has 0 spiro atoms. The fraction of sp³-hybridized carbons (Fsp3) is 0.600. The molecule has 0 bridgehead atoms. The van der Waals surface area contributed by atoms with Gasteiger partial charge < -0.3 is 10.1 Å². The highest BCUT2D eigenvalue weighted by atomic mass is 79.9. The zero-order valence-electron chi connectivity index (χ0n) is 11.0. The molecule has 1 aliphatic rings. The minimum atomic E-state index is 0.441. The summed E-state index contributed by atoms with van der Waals surface area (Å²) in [6.07, 6.45) is 5.25. The Kier molecular flexibility index (Phi) is 5.67. The van der Waals surface area contributed by atoms with Gasteiger partial charge in [-0.1, -0.05) is 35.0 Å². The summed E-state index contributed by atoms with van der Waals surface area (Å²) < 4.78 is 6.86. The molecule has 18 heavy (non-hydrogen) atoms. The van der Waals surface area contributed by atoms with Gasteiger partial charge in [-0.3, -0.25) is 0 Å². The molecule has 100 valence electrons. The van der Waals surface area contributed by atoms with Crippen molar-refractivity contribution in [2.24, 2.45) is 0 Å². The average Bonchev–Trinajstić information content (AvgIpc) is 2.87. The molecule has 1 saturated heterocycles. The maximum atomic E-state index is 5.70. The minimum absolute atomic E-state index is 0.441. The Bertz CT molecular complexity index is 363. The van der Waals surface area contributed by atoms with E-state index in [4.69, 9.17) is 4.74 Å². The fourth-order valence-electron chi connectivity index (χ4n) is 2.58. The smallest absolute Gasteiger partial charge is 0.0576 e. The van der Waals surface area contributed by atoms with E-state index in [1.54, 1.807) is 0 Å². The topological polar surface area (TPSA) is 21.3 Å². The van der Waals surface area contributed by atoms with Crippen molar-refractivity contribution >= 4 is 15.9 Å². The van der Waals surface area contributed by atoms with Crippen LogP contribution in [0.2, 0.25) is 0 Å². The highest BCUT2D eigenvalue weighted by Gasteiger charge is 2.18. The zero-order chi connectivity index (χ0) is 12.8. The zero-order valence-corrected chi connectivity index (χ0v) is 12.6. The summed E-state index contributed by atoms with van der Waals surface area (Å²) in [6, 6.07) is 9.04. The van der Waals surface area contributed by atoms with E-state index in [9.17, 15) is 0 Å². The summed E-state index contributed by atoms with van der Waals surface area (Å²) in [5, 5.41) is 3.57. The number of ether oxygens (including phenoxy) is 1. The standard InChI is InChI=1S/C15H22BrNO/c1-2-17-15(9-8-14-7-4-10-18-14)12-5-3-6-13(16)11-12/h3,5-6,11,14-15,17H,2,4,7-10H2,1H3. The van der Waals surface area contributed by atoms with Crippen LogP contribution in [0.25, 0.3) is 0 Å². The Balaban J connectivity index is 1.94. The first-order chi connectivity index (χ1) is 8.79. The molecule has 1 N–H and O–H groups in total. The Labute approximate surface area is 118 Å². The molecule has 2 rings (SSSR count). The van der Waals surface area contributed by atoms with Crippen LogP contribution in [0.15, 0.2) is 28.7 Å². The lowest BCUT2D eigenvalue weighted by molar-refractivity contribution is 0.0996. The fourth-order valence-corrected chi connectivity index (χ4v) is 3.00. The van der Waals surface area contributed by atoms with Gasteiger partial charge in [0.05, 0.1) is 6.10 Å². The Morgan fingerprint density at radius 2 is 2.39 bits per heavy atom. The average molecular weight is 312 g/mol. The van der Waals surface area contributed by atoms with Crippen molar-refractivity contribution in [3.8, 4) is 0 Å². The van der Waals surface area contributed by atoms with Crippen LogP contribution in [0.1, 0.15) is 44.2 Å². The summed E-state index contributed by atoms with van der Waals surface area (Å²) >= 11 is 3.55. The molecular weight excluding hydrogens is 290 g/mol. The maximum absolute atomic E-state index is 5.70. The first-order valence-corrected chi connectivity index (χ1v) is 7.69. The Morgan fingerprint density at radius 3 is 3.06 bits per heavy atom. The molecule has 1 aromatic rings. The number of hydrogen-bond donors (Lipinski definition) is 1. The predicted octanol–water partition coefficient (Wildman–Crippen LogP) is 4.06. The van der Waals surface area contributed by atoms with Crippen LogP contribution in [0.5, 0.6) is 0 Å². The van der Waals surface area contributed by atoms with E-state index in [1.165, 1.54) is 18.4 Å². The molecule has 2 nitrogen and oxygen atoms in total. The molecule has 2 unspecified atom stereocenters. The SMILES string of the molecule is CCNC(CCC1CCCO1)c1cccc(Br)c1. The summed E-state index contributed by atoms with van der Waals surface area (Å²) in [4.78, 5) is 0. The van der Waals surface area contributed by atoms with Gasteiger partial charge in [-0.05, 0) is 49.9 Å². The monoisotopic (exact) mass is 311 g/mol. The van der Waals surface area contributed by atoms with Crippen LogP contribution >= 0.6 is 15.9 Å². The molecule has 3 heteroatoms. The van der Waals surface area contributed by atoms with Crippen LogP contribution in [0.3, 0.4) is 0 Å². The van der Waals surface area contributed by atoms with Crippen molar-refractivity contribution in [2.75, 3.05) is 13.2 Å². The predicted molar refractivity (Wildman–Crippen MR) is 78.8 cm³/mol. The van der Waals surface area contributed by atoms with E-state index in [-0.39, 0.29) is 0 Å². The van der Waals surface area contributed by atoms with Gasteiger partial charge >= 0.3 is 0 Å². The quantitative estimate of drug-likeness (QED) is 0.855. The van der Waals surface area contributed by atoms with E-state index in [2.05, 4.69) is 52.4 Å². The molecule has 2 atom stereocenters. The maximum Gasteiger partial charge on any atom is 0.0576 e. The van der Waals surface area contributed by atoms with Crippen molar-refractivity contribution in [3.05, 3.63) is 34.3 Å². The molecule has 1 fully saturated rings. The van der Waals surface area contributed by atoms with Crippen molar-refractivity contribution in [1.29, 1.82) is 0 Å². The van der Waals surface area contributed by atoms with Gasteiger partial charge in [-0.25, -0.2) is 0 Å². The second kappa shape index (κ2) is 7.27. The Hall–Kier alpha value is -0.380. The second-order valence-corrected chi connectivity index (χ2v) is 5.79. The first-order valence-electron chi connectivity index (χ1n) is 6.90. The first kappa shape index (κ1) is 14.0. The van der Waals surface area contributed by atoms with Crippen LogP contribution in [0.4, 0.5) is 0 Å². The van der Waals surface area contributed by atoms with Gasteiger partial charge in [-0.15, -0.1) is 0 Å². The van der Waals surface area contributed by atoms with E-state index in [1.807, 2.05) is 0 Å². The third kappa shape index (κ3) is 4.08. The normalized spacial score (nSPS) is 21.1. The highest BCUT2D eigenvalue weighted by Crippen LogP contribution is 2.25. The molecule has 0 radical (unpaired) electrons. The number of halogens is 1. The van der Waals surface area contributed by atoms with E-state index in [0.29, 0.717) is 12.1 Å². The second-order valence-electron chi connectivity index (χ2n) is 4.88. The van der Waals surface area contributed by atoms with Crippen LogP contribution in [-0.2, 0) is 4.74 Å². The minimum Gasteiger partial charge on any atom is -0.378 e.